The van der Waals surface area contributed by atoms with Crippen molar-refractivity contribution in [3.05, 3.63) is 34.6 Å². The maximum absolute atomic E-state index is 13.0. The van der Waals surface area contributed by atoms with Gasteiger partial charge in [0, 0.05) is 0 Å². The second-order valence-corrected chi connectivity index (χ2v) is 2.72. The van der Waals surface area contributed by atoms with E-state index in [0.29, 0.717) is 11.1 Å². The summed E-state index contributed by atoms with van der Waals surface area (Å²) in [6.45, 7) is 1.33. The largest absolute Gasteiger partial charge is 0.478 e. The molecule has 0 spiro atoms. The summed E-state index contributed by atoms with van der Waals surface area (Å²) >= 11 is 0. The highest BCUT2D eigenvalue weighted by atomic mass is 19.1. The van der Waals surface area contributed by atoms with E-state index in [1.807, 2.05) is 0 Å². The summed E-state index contributed by atoms with van der Waals surface area (Å²) in [5.74, 6) is -2.10. The van der Waals surface area contributed by atoms with Crippen LogP contribution in [0.4, 0.5) is 4.39 Å². The highest BCUT2D eigenvalue weighted by Gasteiger charge is 2.12. The van der Waals surface area contributed by atoms with Crippen molar-refractivity contribution in [1.82, 2.24) is 0 Å². The number of halogens is 1. The van der Waals surface area contributed by atoms with Gasteiger partial charge in [0.1, 0.15) is 5.82 Å². The quantitative estimate of drug-likeness (QED) is 0.728. The third-order valence-corrected chi connectivity index (χ3v) is 1.83. The molecule has 0 aliphatic rings. The Kier molecular flexibility index (Phi) is 2.63. The molecule has 0 radical (unpaired) electrons. The van der Waals surface area contributed by atoms with Gasteiger partial charge in [-0.25, -0.2) is 9.18 Å². The van der Waals surface area contributed by atoms with E-state index in [9.17, 15) is 9.18 Å². The van der Waals surface area contributed by atoms with Gasteiger partial charge in [-0.2, -0.15) is 0 Å². The highest BCUT2D eigenvalue weighted by Crippen LogP contribution is 2.15. The standard InChI is InChI=1S/C9H9FO3/c1-5-2-8(10)7(9(12)13)3-6(5)4-11/h2-3,11H,4H2,1H3,(H,12,13). The Morgan fingerprint density at radius 2 is 2.15 bits per heavy atom. The number of hydrogen-bond acceptors (Lipinski definition) is 2. The molecule has 0 saturated carbocycles. The second-order valence-electron chi connectivity index (χ2n) is 2.72. The first-order valence-corrected chi connectivity index (χ1v) is 3.69. The summed E-state index contributed by atoms with van der Waals surface area (Å²) in [5, 5.41) is 17.4. The molecule has 2 N–H and O–H groups in total. The number of benzene rings is 1. The summed E-state index contributed by atoms with van der Waals surface area (Å²) in [6, 6.07) is 2.25. The Morgan fingerprint density at radius 1 is 1.54 bits per heavy atom. The summed E-state index contributed by atoms with van der Waals surface area (Å²) in [5.41, 5.74) is 0.568. The molecule has 13 heavy (non-hydrogen) atoms. The van der Waals surface area contributed by atoms with Crippen molar-refractivity contribution >= 4 is 5.97 Å². The summed E-state index contributed by atoms with van der Waals surface area (Å²) in [7, 11) is 0. The van der Waals surface area contributed by atoms with E-state index in [2.05, 4.69) is 0 Å². The molecule has 0 aliphatic carbocycles. The van der Waals surface area contributed by atoms with Crippen molar-refractivity contribution < 1.29 is 19.4 Å². The monoisotopic (exact) mass is 184 g/mol. The van der Waals surface area contributed by atoms with Crippen molar-refractivity contribution in [3.63, 3.8) is 0 Å². The molecule has 4 heteroatoms. The smallest absolute Gasteiger partial charge is 0.338 e. The first-order chi connectivity index (χ1) is 6.06. The Labute approximate surface area is 74.4 Å². The fraction of sp³-hybridized carbons (Fsp3) is 0.222. The van der Waals surface area contributed by atoms with Crippen molar-refractivity contribution in [3.8, 4) is 0 Å². The van der Waals surface area contributed by atoms with Gasteiger partial charge < -0.3 is 10.2 Å². The third-order valence-electron chi connectivity index (χ3n) is 1.83. The van der Waals surface area contributed by atoms with Crippen molar-refractivity contribution in [1.29, 1.82) is 0 Å². The van der Waals surface area contributed by atoms with Gasteiger partial charge in [0.15, 0.2) is 0 Å². The molecular weight excluding hydrogens is 175 g/mol. The molecule has 0 amide bonds. The zero-order valence-corrected chi connectivity index (χ0v) is 7.04. The fourth-order valence-corrected chi connectivity index (χ4v) is 1.05. The predicted molar refractivity (Wildman–Crippen MR) is 44.0 cm³/mol. The molecule has 3 nitrogen and oxygen atoms in total. The second kappa shape index (κ2) is 3.53. The molecule has 0 atom stereocenters. The Balaban J connectivity index is 3.30. The Hall–Kier alpha value is -1.42. The van der Waals surface area contributed by atoms with E-state index < -0.39 is 17.3 Å². The molecule has 0 fully saturated rings. The molecular formula is C9H9FO3. The molecule has 1 rings (SSSR count). The van der Waals surface area contributed by atoms with Crippen LogP contribution in [0.1, 0.15) is 21.5 Å². The SMILES string of the molecule is Cc1cc(F)c(C(=O)O)cc1CO. The number of carboxylic acid groups (broad SMARTS) is 1. The lowest BCUT2D eigenvalue weighted by molar-refractivity contribution is 0.0691. The minimum atomic E-state index is -1.33. The molecule has 1 aromatic rings. The van der Waals surface area contributed by atoms with Gasteiger partial charge in [-0.3, -0.25) is 0 Å². The van der Waals surface area contributed by atoms with Crippen LogP contribution in [-0.4, -0.2) is 16.2 Å². The van der Waals surface area contributed by atoms with Crippen LogP contribution in [0.15, 0.2) is 12.1 Å². The predicted octanol–water partition coefficient (Wildman–Crippen LogP) is 1.32. The molecule has 0 saturated heterocycles. The van der Waals surface area contributed by atoms with Gasteiger partial charge >= 0.3 is 5.97 Å². The highest BCUT2D eigenvalue weighted by molar-refractivity contribution is 5.88. The average Bonchev–Trinajstić information content (AvgIpc) is 2.03. The van der Waals surface area contributed by atoms with Gasteiger partial charge in [-0.15, -0.1) is 0 Å². The topological polar surface area (TPSA) is 57.5 Å². The van der Waals surface area contributed by atoms with E-state index in [1.165, 1.54) is 0 Å². The first-order valence-electron chi connectivity index (χ1n) is 3.69. The number of hydrogen-bond donors (Lipinski definition) is 2. The van der Waals surface area contributed by atoms with Crippen LogP contribution >= 0.6 is 0 Å². The van der Waals surface area contributed by atoms with Crippen LogP contribution in [0.3, 0.4) is 0 Å². The van der Waals surface area contributed by atoms with Crippen LogP contribution in [0, 0.1) is 12.7 Å². The van der Waals surface area contributed by atoms with Gasteiger partial charge in [0.05, 0.1) is 12.2 Å². The van der Waals surface area contributed by atoms with Crippen molar-refractivity contribution in [2.75, 3.05) is 0 Å². The van der Waals surface area contributed by atoms with Crippen LogP contribution < -0.4 is 0 Å². The molecule has 1 aromatic carbocycles. The molecule has 0 bridgehead atoms. The van der Waals surface area contributed by atoms with E-state index >= 15 is 0 Å². The number of carbonyl (C=O) groups is 1. The normalized spacial score (nSPS) is 10.1. The third kappa shape index (κ3) is 1.84. The minimum Gasteiger partial charge on any atom is -0.478 e. The first kappa shape index (κ1) is 9.67. The van der Waals surface area contributed by atoms with Crippen LogP contribution in [0.2, 0.25) is 0 Å². The van der Waals surface area contributed by atoms with Gasteiger partial charge in [0.2, 0.25) is 0 Å². The number of aromatic carboxylic acids is 1. The summed E-state index contributed by atoms with van der Waals surface area (Å²) < 4.78 is 13.0. The van der Waals surface area contributed by atoms with Crippen LogP contribution in [-0.2, 0) is 6.61 Å². The zero-order chi connectivity index (χ0) is 10.0. The van der Waals surface area contributed by atoms with Crippen molar-refractivity contribution in [2.24, 2.45) is 0 Å². The maximum Gasteiger partial charge on any atom is 0.338 e. The van der Waals surface area contributed by atoms with E-state index in [1.54, 1.807) is 6.92 Å². The van der Waals surface area contributed by atoms with Crippen LogP contribution in [0.5, 0.6) is 0 Å². The molecule has 0 unspecified atom stereocenters. The Bertz CT molecular complexity index is 347. The number of aryl methyl sites for hydroxylation is 1. The van der Waals surface area contributed by atoms with Gasteiger partial charge in [0.25, 0.3) is 0 Å². The Morgan fingerprint density at radius 3 is 2.62 bits per heavy atom. The minimum absolute atomic E-state index is 0.285. The van der Waals surface area contributed by atoms with Crippen LogP contribution in [0.25, 0.3) is 0 Å². The average molecular weight is 184 g/mol. The number of aliphatic hydroxyl groups is 1. The summed E-state index contributed by atoms with van der Waals surface area (Å²) in [6.07, 6.45) is 0. The molecule has 0 aliphatic heterocycles. The van der Waals surface area contributed by atoms with Crippen molar-refractivity contribution in [2.45, 2.75) is 13.5 Å². The number of carboxylic acids is 1. The van der Waals surface area contributed by atoms with Gasteiger partial charge in [-0.1, -0.05) is 0 Å². The van der Waals surface area contributed by atoms with Gasteiger partial charge in [-0.05, 0) is 30.2 Å². The maximum atomic E-state index is 13.0. The lowest BCUT2D eigenvalue weighted by Gasteiger charge is -2.04. The summed E-state index contributed by atoms with van der Waals surface area (Å²) in [4.78, 5) is 10.5. The molecule has 70 valence electrons. The molecule has 0 aromatic heterocycles. The van der Waals surface area contributed by atoms with E-state index in [4.69, 9.17) is 10.2 Å². The lowest BCUT2D eigenvalue weighted by atomic mass is 10.1. The van der Waals surface area contributed by atoms with E-state index in [-0.39, 0.29) is 6.61 Å². The lowest BCUT2D eigenvalue weighted by Crippen LogP contribution is -2.03. The zero-order valence-electron chi connectivity index (χ0n) is 7.04. The number of aliphatic hydroxyl groups excluding tert-OH is 1. The molecule has 0 heterocycles. The van der Waals surface area contributed by atoms with E-state index in [0.717, 1.165) is 12.1 Å². The fourth-order valence-electron chi connectivity index (χ4n) is 1.05. The number of rotatable bonds is 2.